The van der Waals surface area contributed by atoms with Gasteiger partial charge in [0.05, 0.1) is 11.8 Å². The molecule has 2 aromatic carbocycles. The predicted molar refractivity (Wildman–Crippen MR) is 101 cm³/mol. The number of carbonyl (C=O) groups is 1. The maximum absolute atomic E-state index is 12.1. The van der Waals surface area contributed by atoms with Gasteiger partial charge in [0, 0.05) is 9.92 Å². The van der Waals surface area contributed by atoms with Crippen molar-refractivity contribution in [2.24, 2.45) is 0 Å². The van der Waals surface area contributed by atoms with Crippen LogP contribution in [0.1, 0.15) is 18.1 Å². The standard InChI is InChI=1S/C19H22ClNO2S/c1-13-4-8-17(9-5-13)24-15(3)19(22)21-10-11-23-16-7-6-14(2)18(20)12-16/h4-9,12,15H,10-11H2,1-3H3,(H,21,22). The average Bonchev–Trinajstić information content (AvgIpc) is 2.56. The third-order valence-corrected chi connectivity index (χ3v) is 5.04. The third-order valence-electron chi connectivity index (χ3n) is 3.52. The summed E-state index contributed by atoms with van der Waals surface area (Å²) in [4.78, 5) is 13.2. The van der Waals surface area contributed by atoms with Crippen LogP contribution in [0, 0.1) is 13.8 Å². The minimum absolute atomic E-state index is 0.00566. The van der Waals surface area contributed by atoms with E-state index in [1.54, 1.807) is 17.8 Å². The number of ether oxygens (including phenoxy) is 1. The molecule has 0 saturated carbocycles. The smallest absolute Gasteiger partial charge is 0.233 e. The van der Waals surface area contributed by atoms with Gasteiger partial charge >= 0.3 is 0 Å². The number of hydrogen-bond donors (Lipinski definition) is 1. The molecule has 0 radical (unpaired) electrons. The molecule has 128 valence electrons. The van der Waals surface area contributed by atoms with Crippen molar-refractivity contribution in [3.63, 3.8) is 0 Å². The van der Waals surface area contributed by atoms with Crippen LogP contribution in [0.5, 0.6) is 5.75 Å². The molecule has 2 rings (SSSR count). The second-order valence-corrected chi connectivity index (χ2v) is 7.45. The number of carbonyl (C=O) groups excluding carboxylic acids is 1. The number of halogens is 1. The van der Waals surface area contributed by atoms with Gasteiger partial charge in [-0.15, -0.1) is 11.8 Å². The van der Waals surface area contributed by atoms with E-state index in [4.69, 9.17) is 16.3 Å². The normalized spacial score (nSPS) is 11.8. The monoisotopic (exact) mass is 363 g/mol. The quantitative estimate of drug-likeness (QED) is 0.575. The summed E-state index contributed by atoms with van der Waals surface area (Å²) in [5, 5.41) is 3.42. The molecule has 0 heterocycles. The van der Waals surface area contributed by atoms with Crippen molar-refractivity contribution in [1.82, 2.24) is 5.32 Å². The van der Waals surface area contributed by atoms with E-state index in [0.29, 0.717) is 23.9 Å². The van der Waals surface area contributed by atoms with Crippen molar-refractivity contribution in [3.8, 4) is 5.75 Å². The zero-order valence-electron chi connectivity index (χ0n) is 14.1. The minimum atomic E-state index is -0.151. The first-order chi connectivity index (χ1) is 11.5. The van der Waals surface area contributed by atoms with E-state index in [9.17, 15) is 4.79 Å². The lowest BCUT2D eigenvalue weighted by Gasteiger charge is -2.13. The molecule has 0 aliphatic rings. The molecule has 1 atom stereocenters. The van der Waals surface area contributed by atoms with Crippen molar-refractivity contribution in [3.05, 3.63) is 58.6 Å². The summed E-state index contributed by atoms with van der Waals surface area (Å²) >= 11 is 7.60. The van der Waals surface area contributed by atoms with Crippen molar-refractivity contribution >= 4 is 29.3 Å². The Morgan fingerprint density at radius 3 is 2.58 bits per heavy atom. The second-order valence-electron chi connectivity index (χ2n) is 5.62. The third kappa shape index (κ3) is 5.77. The Morgan fingerprint density at radius 2 is 1.92 bits per heavy atom. The van der Waals surface area contributed by atoms with Crippen LogP contribution in [0.4, 0.5) is 0 Å². The summed E-state index contributed by atoms with van der Waals surface area (Å²) in [5.74, 6) is 0.716. The van der Waals surface area contributed by atoms with Crippen LogP contribution in [0.3, 0.4) is 0 Å². The maximum atomic E-state index is 12.1. The van der Waals surface area contributed by atoms with Crippen LogP contribution in [0.15, 0.2) is 47.4 Å². The molecule has 0 spiro atoms. The molecular formula is C19H22ClNO2S. The molecule has 1 amide bonds. The van der Waals surface area contributed by atoms with Crippen molar-refractivity contribution in [1.29, 1.82) is 0 Å². The molecule has 5 heteroatoms. The van der Waals surface area contributed by atoms with Crippen molar-refractivity contribution in [2.75, 3.05) is 13.2 Å². The fraction of sp³-hybridized carbons (Fsp3) is 0.316. The Hall–Kier alpha value is -1.65. The lowest BCUT2D eigenvalue weighted by molar-refractivity contribution is -0.120. The minimum Gasteiger partial charge on any atom is -0.492 e. The predicted octanol–water partition coefficient (Wildman–Crippen LogP) is 4.63. The molecule has 24 heavy (non-hydrogen) atoms. The molecule has 2 aromatic rings. The summed E-state index contributed by atoms with van der Waals surface area (Å²) < 4.78 is 5.60. The zero-order chi connectivity index (χ0) is 17.5. The van der Waals surface area contributed by atoms with Gasteiger partial charge in [-0.05, 0) is 50.6 Å². The van der Waals surface area contributed by atoms with Gasteiger partial charge in [0.15, 0.2) is 0 Å². The molecule has 0 aromatic heterocycles. The molecule has 0 fully saturated rings. The SMILES string of the molecule is Cc1ccc(SC(C)C(=O)NCCOc2ccc(C)c(Cl)c2)cc1. The van der Waals surface area contributed by atoms with Crippen molar-refractivity contribution in [2.45, 2.75) is 30.9 Å². The van der Waals surface area contributed by atoms with Gasteiger partial charge in [-0.2, -0.15) is 0 Å². The van der Waals surface area contributed by atoms with Gasteiger partial charge in [0.2, 0.25) is 5.91 Å². The summed E-state index contributed by atoms with van der Waals surface area (Å²) in [7, 11) is 0. The number of aryl methyl sites for hydroxylation is 2. The highest BCUT2D eigenvalue weighted by Crippen LogP contribution is 2.23. The molecule has 0 aliphatic carbocycles. The highest BCUT2D eigenvalue weighted by atomic mass is 35.5. The number of thioether (sulfide) groups is 1. The Morgan fingerprint density at radius 1 is 1.21 bits per heavy atom. The maximum Gasteiger partial charge on any atom is 0.233 e. The Labute approximate surface area is 152 Å². The van der Waals surface area contributed by atoms with Crippen LogP contribution < -0.4 is 10.1 Å². The Bertz CT molecular complexity index is 688. The van der Waals surface area contributed by atoms with Gasteiger partial charge in [0.1, 0.15) is 12.4 Å². The first-order valence-electron chi connectivity index (χ1n) is 7.85. The van der Waals surface area contributed by atoms with Gasteiger partial charge in [-0.3, -0.25) is 4.79 Å². The average molecular weight is 364 g/mol. The summed E-state index contributed by atoms with van der Waals surface area (Å²) in [6, 6.07) is 13.7. The molecular weight excluding hydrogens is 342 g/mol. The van der Waals surface area contributed by atoms with E-state index in [1.165, 1.54) is 5.56 Å². The number of nitrogens with one attached hydrogen (secondary N) is 1. The van der Waals surface area contributed by atoms with E-state index in [0.717, 1.165) is 10.5 Å². The first-order valence-corrected chi connectivity index (χ1v) is 9.11. The number of hydrogen-bond acceptors (Lipinski definition) is 3. The summed E-state index contributed by atoms with van der Waals surface area (Å²) in [5.41, 5.74) is 2.23. The number of amides is 1. The van der Waals surface area contributed by atoms with Gasteiger partial charge < -0.3 is 10.1 Å². The molecule has 1 N–H and O–H groups in total. The van der Waals surface area contributed by atoms with E-state index in [2.05, 4.69) is 5.32 Å². The zero-order valence-corrected chi connectivity index (χ0v) is 15.7. The highest BCUT2D eigenvalue weighted by molar-refractivity contribution is 8.00. The van der Waals surface area contributed by atoms with Crippen LogP contribution >= 0.6 is 23.4 Å². The lowest BCUT2D eigenvalue weighted by Crippen LogP contribution is -2.33. The van der Waals surface area contributed by atoms with Crippen LogP contribution in [-0.2, 0) is 4.79 Å². The van der Waals surface area contributed by atoms with E-state index < -0.39 is 0 Å². The van der Waals surface area contributed by atoms with Crippen LogP contribution in [-0.4, -0.2) is 24.3 Å². The van der Waals surface area contributed by atoms with E-state index >= 15 is 0 Å². The van der Waals surface area contributed by atoms with E-state index in [1.807, 2.05) is 57.2 Å². The van der Waals surface area contributed by atoms with E-state index in [-0.39, 0.29) is 11.2 Å². The van der Waals surface area contributed by atoms with Gasteiger partial charge in [-0.1, -0.05) is 35.4 Å². The largest absolute Gasteiger partial charge is 0.492 e. The summed E-state index contributed by atoms with van der Waals surface area (Å²) in [6.07, 6.45) is 0. The first kappa shape index (κ1) is 18.7. The topological polar surface area (TPSA) is 38.3 Å². The molecule has 1 unspecified atom stereocenters. The van der Waals surface area contributed by atoms with Gasteiger partial charge in [0.25, 0.3) is 0 Å². The number of rotatable bonds is 7. The molecule has 0 saturated heterocycles. The highest BCUT2D eigenvalue weighted by Gasteiger charge is 2.13. The van der Waals surface area contributed by atoms with Crippen LogP contribution in [0.25, 0.3) is 0 Å². The molecule has 3 nitrogen and oxygen atoms in total. The number of benzene rings is 2. The van der Waals surface area contributed by atoms with Gasteiger partial charge in [-0.25, -0.2) is 0 Å². The molecule has 0 aliphatic heterocycles. The second kappa shape index (κ2) is 9.00. The lowest BCUT2D eigenvalue weighted by atomic mass is 10.2. The molecule has 0 bridgehead atoms. The fourth-order valence-electron chi connectivity index (χ4n) is 2.02. The summed E-state index contributed by atoms with van der Waals surface area (Å²) in [6.45, 7) is 6.77. The van der Waals surface area contributed by atoms with Crippen LogP contribution in [0.2, 0.25) is 5.02 Å². The Kier molecular flexibility index (Phi) is 7.00. The van der Waals surface area contributed by atoms with Crippen molar-refractivity contribution < 1.29 is 9.53 Å². The fourth-order valence-corrected chi connectivity index (χ4v) is 3.09. The Balaban J connectivity index is 1.72.